The molecule has 48 heavy (non-hydrogen) atoms. The van der Waals surface area contributed by atoms with E-state index in [1.807, 2.05) is 27.7 Å². The van der Waals surface area contributed by atoms with E-state index >= 15 is 0 Å². The third-order valence-corrected chi connectivity index (χ3v) is 9.42. The maximum atomic E-state index is 14.4. The molecule has 4 atom stereocenters. The van der Waals surface area contributed by atoms with Crippen LogP contribution < -0.4 is 21.7 Å². The third kappa shape index (κ3) is 11.9. The molecule has 0 radical (unpaired) electrons. The molecule has 14 heteroatoms. The van der Waals surface area contributed by atoms with E-state index in [1.54, 1.807) is 27.7 Å². The number of ether oxygens (including phenoxy) is 1. The van der Waals surface area contributed by atoms with E-state index in [2.05, 4.69) is 29.8 Å². The van der Waals surface area contributed by atoms with Crippen LogP contribution >= 0.6 is 0 Å². The maximum absolute atomic E-state index is 14.4. The quantitative estimate of drug-likeness (QED) is 0.140. The van der Waals surface area contributed by atoms with Gasteiger partial charge in [-0.1, -0.05) is 81.6 Å². The third-order valence-electron chi connectivity index (χ3n) is 9.42. The summed E-state index contributed by atoms with van der Waals surface area (Å²) >= 11 is 0. The van der Waals surface area contributed by atoms with Crippen molar-refractivity contribution in [1.29, 1.82) is 0 Å². The maximum Gasteiger partial charge on any atom is 0.315 e. The van der Waals surface area contributed by atoms with Crippen molar-refractivity contribution in [2.75, 3.05) is 26.3 Å². The van der Waals surface area contributed by atoms with Crippen molar-refractivity contribution in [3.8, 4) is 0 Å². The molecule has 1 aliphatic carbocycles. The lowest BCUT2D eigenvalue weighted by Crippen LogP contribution is -2.63. The Balaban J connectivity index is 2.35. The summed E-state index contributed by atoms with van der Waals surface area (Å²) < 4.78 is 5.01. The van der Waals surface area contributed by atoms with Crippen molar-refractivity contribution in [2.24, 2.45) is 27.9 Å². The zero-order valence-corrected chi connectivity index (χ0v) is 30.5. The van der Waals surface area contributed by atoms with Gasteiger partial charge in [0, 0.05) is 13.1 Å². The minimum atomic E-state index is -1.13. The second-order valence-electron chi connectivity index (χ2n) is 16.2. The Morgan fingerprint density at radius 2 is 1.48 bits per heavy atom. The standard InChI is InChI=1S/C34H58N6O8/c1-11-34(9,10)14-15-39(20(2)29(45)36-22(16-21-12-13-21)26(43)28(35)44)30(46)27(33(6,7)8)38-31(47)37-23(32(3,4)5)17-40-24(41)18-48-19-25(40)42/h20-23,27H,11-19H2,1-10H3,(H2,35,44)(H,36,45)(H2,37,38,47)/t20-,22?,23+,27+/m0/s1. The van der Waals surface area contributed by atoms with Gasteiger partial charge < -0.3 is 31.3 Å². The summed E-state index contributed by atoms with van der Waals surface area (Å²) in [6.45, 7) is 18.3. The SMILES string of the molecule is CCC(C)(C)CCN(C(=O)[C@@H](NC(=O)N[C@H](CN1C(=O)COCC1=O)C(C)(C)C)C(C)(C)C)[C@@H](C)C(=O)NC(CC1CC1)C(=O)C(N)=O. The molecule has 2 fully saturated rings. The normalized spacial score (nSPS) is 18.3. The highest BCUT2D eigenvalue weighted by Gasteiger charge is 2.42. The lowest BCUT2D eigenvalue weighted by molar-refractivity contribution is -0.159. The van der Waals surface area contributed by atoms with Crippen LogP contribution in [0.1, 0.15) is 101 Å². The van der Waals surface area contributed by atoms with Crippen molar-refractivity contribution in [3.63, 3.8) is 0 Å². The molecule has 0 aromatic heterocycles. The van der Waals surface area contributed by atoms with Gasteiger partial charge in [0.1, 0.15) is 25.3 Å². The molecule has 2 rings (SSSR count). The number of nitrogens with one attached hydrogen (secondary N) is 3. The molecule has 1 aliphatic heterocycles. The van der Waals surface area contributed by atoms with E-state index in [4.69, 9.17) is 10.5 Å². The number of ketones is 1. The zero-order valence-electron chi connectivity index (χ0n) is 30.5. The first-order valence-corrected chi connectivity index (χ1v) is 16.9. The number of Topliss-reactive ketones (excluding diaryl/α,β-unsaturated/α-hetero) is 1. The second-order valence-corrected chi connectivity index (χ2v) is 16.2. The Morgan fingerprint density at radius 1 is 0.917 bits per heavy atom. The predicted molar refractivity (Wildman–Crippen MR) is 179 cm³/mol. The van der Waals surface area contributed by atoms with E-state index in [1.165, 1.54) is 4.90 Å². The Bertz CT molecular complexity index is 1220. The van der Waals surface area contributed by atoms with Crippen molar-refractivity contribution < 1.29 is 38.3 Å². The topological polar surface area (TPSA) is 197 Å². The molecular formula is C34H58N6O8. The number of primary amides is 1. The Hall–Kier alpha value is -3.55. The predicted octanol–water partition coefficient (Wildman–Crippen LogP) is 1.88. The van der Waals surface area contributed by atoms with Crippen molar-refractivity contribution in [2.45, 2.75) is 126 Å². The highest BCUT2D eigenvalue weighted by molar-refractivity contribution is 6.37. The molecule has 1 unspecified atom stereocenters. The molecule has 1 heterocycles. The van der Waals surface area contributed by atoms with Crippen LogP contribution in [0.25, 0.3) is 0 Å². The number of morpholine rings is 1. The number of hydrogen-bond donors (Lipinski definition) is 4. The largest absolute Gasteiger partial charge is 0.363 e. The summed E-state index contributed by atoms with van der Waals surface area (Å²) in [5.41, 5.74) is 3.71. The molecule has 2 aliphatic rings. The average molecular weight is 679 g/mol. The Morgan fingerprint density at radius 3 is 1.94 bits per heavy atom. The summed E-state index contributed by atoms with van der Waals surface area (Å²) in [4.78, 5) is 93.3. The summed E-state index contributed by atoms with van der Waals surface area (Å²) in [5.74, 6) is -3.92. The minimum Gasteiger partial charge on any atom is -0.363 e. The number of imide groups is 1. The summed E-state index contributed by atoms with van der Waals surface area (Å²) in [7, 11) is 0. The smallest absolute Gasteiger partial charge is 0.315 e. The van der Waals surface area contributed by atoms with Gasteiger partial charge >= 0.3 is 6.03 Å². The van der Waals surface area contributed by atoms with Gasteiger partial charge in [-0.15, -0.1) is 0 Å². The second kappa shape index (κ2) is 16.2. The fraction of sp³-hybridized carbons (Fsp3) is 0.794. The van der Waals surface area contributed by atoms with Crippen molar-refractivity contribution in [3.05, 3.63) is 0 Å². The number of carbonyl (C=O) groups is 7. The van der Waals surface area contributed by atoms with Crippen LogP contribution in [0.15, 0.2) is 0 Å². The number of nitrogens with two attached hydrogens (primary N) is 1. The van der Waals surface area contributed by atoms with Gasteiger partial charge in [-0.3, -0.25) is 33.7 Å². The van der Waals surface area contributed by atoms with E-state index in [0.29, 0.717) is 12.8 Å². The fourth-order valence-corrected chi connectivity index (χ4v) is 5.21. The van der Waals surface area contributed by atoms with Gasteiger partial charge in [-0.05, 0) is 41.9 Å². The summed E-state index contributed by atoms with van der Waals surface area (Å²) in [6.07, 6.45) is 3.44. The van der Waals surface area contributed by atoms with Crippen LogP contribution in [0, 0.1) is 22.2 Å². The summed E-state index contributed by atoms with van der Waals surface area (Å²) in [5, 5.41) is 8.35. The number of hydrogen-bond acceptors (Lipinski definition) is 8. The van der Waals surface area contributed by atoms with Gasteiger partial charge in [0.15, 0.2) is 0 Å². The molecule has 0 spiro atoms. The minimum absolute atomic E-state index is 0.0758. The van der Waals surface area contributed by atoms with Gasteiger partial charge in [0.25, 0.3) is 17.7 Å². The number of nitrogens with zero attached hydrogens (tertiary/aromatic N) is 2. The number of carbonyl (C=O) groups excluding carboxylic acids is 7. The van der Waals surface area contributed by atoms with Crippen LogP contribution in [0.3, 0.4) is 0 Å². The molecular weight excluding hydrogens is 620 g/mol. The molecule has 272 valence electrons. The van der Waals surface area contributed by atoms with Crippen LogP contribution in [0.5, 0.6) is 0 Å². The van der Waals surface area contributed by atoms with E-state index in [-0.39, 0.29) is 37.6 Å². The molecule has 14 nitrogen and oxygen atoms in total. The number of amides is 7. The first-order valence-electron chi connectivity index (χ1n) is 16.9. The lowest BCUT2D eigenvalue weighted by atomic mass is 9.84. The van der Waals surface area contributed by atoms with Gasteiger partial charge in [-0.2, -0.15) is 0 Å². The number of urea groups is 1. The van der Waals surface area contributed by atoms with Crippen molar-refractivity contribution >= 4 is 41.4 Å². The average Bonchev–Trinajstić information content (AvgIpc) is 3.79. The molecule has 7 amide bonds. The molecule has 1 saturated heterocycles. The Kier molecular flexibility index (Phi) is 13.7. The first-order chi connectivity index (χ1) is 22.0. The van der Waals surface area contributed by atoms with Crippen LogP contribution in [0.2, 0.25) is 0 Å². The molecule has 0 bridgehead atoms. The monoisotopic (exact) mass is 678 g/mol. The van der Waals surface area contributed by atoms with Gasteiger partial charge in [0.2, 0.25) is 17.6 Å². The van der Waals surface area contributed by atoms with Crippen molar-refractivity contribution in [1.82, 2.24) is 25.8 Å². The highest BCUT2D eigenvalue weighted by Crippen LogP contribution is 2.34. The van der Waals surface area contributed by atoms with E-state index in [0.717, 1.165) is 24.2 Å². The Labute approximate surface area is 285 Å². The lowest BCUT2D eigenvalue weighted by Gasteiger charge is -2.40. The summed E-state index contributed by atoms with van der Waals surface area (Å²) in [6, 6.07) is -4.59. The fourth-order valence-electron chi connectivity index (χ4n) is 5.21. The van der Waals surface area contributed by atoms with Gasteiger partial charge in [0.05, 0.1) is 12.1 Å². The zero-order chi connectivity index (χ0) is 36.8. The molecule has 5 N–H and O–H groups in total. The molecule has 1 saturated carbocycles. The van der Waals surface area contributed by atoms with Crippen LogP contribution in [-0.4, -0.2) is 102 Å². The number of rotatable bonds is 16. The van der Waals surface area contributed by atoms with E-state index in [9.17, 15) is 33.6 Å². The van der Waals surface area contributed by atoms with E-state index < -0.39 is 76.3 Å². The first kappa shape index (κ1) is 40.6. The van der Waals surface area contributed by atoms with Gasteiger partial charge in [-0.25, -0.2) is 4.79 Å². The molecule has 0 aromatic carbocycles. The molecule has 0 aromatic rings. The van der Waals surface area contributed by atoms with Crippen LogP contribution in [-0.2, 0) is 33.5 Å². The highest BCUT2D eigenvalue weighted by atomic mass is 16.5. The van der Waals surface area contributed by atoms with Crippen LogP contribution in [0.4, 0.5) is 4.79 Å².